The number of nitrogens with zero attached hydrogens (tertiary/aromatic N) is 2. The van der Waals surface area contributed by atoms with Gasteiger partial charge < -0.3 is 24.7 Å². The molecule has 3 unspecified atom stereocenters. The van der Waals surface area contributed by atoms with Crippen LogP contribution in [0.2, 0.25) is 0 Å². The van der Waals surface area contributed by atoms with E-state index in [2.05, 4.69) is 0 Å². The number of carbonyl (C=O) groups excluding carboxylic acids is 2. The zero-order chi connectivity index (χ0) is 20.0. The van der Waals surface area contributed by atoms with E-state index in [1.54, 1.807) is 36.1 Å². The van der Waals surface area contributed by atoms with E-state index >= 15 is 0 Å². The first-order valence-electron chi connectivity index (χ1n) is 9.35. The number of carbonyl (C=O) groups is 3. The molecule has 3 atom stereocenters. The molecule has 8 heteroatoms. The van der Waals surface area contributed by atoms with Crippen LogP contribution in [0.1, 0.15) is 29.3 Å². The largest absolute Gasteiger partial charge is 0.477 e. The fourth-order valence-corrected chi connectivity index (χ4v) is 4.32. The molecule has 4 rings (SSSR count). The minimum absolute atomic E-state index is 0.0529. The van der Waals surface area contributed by atoms with E-state index in [-0.39, 0.29) is 23.6 Å². The third kappa shape index (κ3) is 2.89. The number of amides is 2. The summed E-state index contributed by atoms with van der Waals surface area (Å²) < 4.78 is 5.28. The quantitative estimate of drug-likeness (QED) is 0.733. The fourth-order valence-electron chi connectivity index (χ4n) is 4.32. The maximum absolute atomic E-state index is 12.8. The predicted octanol–water partition coefficient (Wildman–Crippen LogP) is 0.566. The van der Waals surface area contributed by atoms with Gasteiger partial charge in [0.2, 0.25) is 5.91 Å². The number of carboxylic acid groups (broad SMARTS) is 1. The number of aliphatic hydroxyl groups excluding tert-OH is 1. The van der Waals surface area contributed by atoms with Gasteiger partial charge in [-0.1, -0.05) is 12.1 Å². The lowest BCUT2D eigenvalue weighted by atomic mass is 9.82. The van der Waals surface area contributed by atoms with Gasteiger partial charge in [0.15, 0.2) is 0 Å². The van der Waals surface area contributed by atoms with E-state index < -0.39 is 18.0 Å². The summed E-state index contributed by atoms with van der Waals surface area (Å²) in [5.74, 6) is -2.26. The molecule has 1 aromatic rings. The average Bonchev–Trinajstić information content (AvgIpc) is 3.03. The molecule has 148 valence electrons. The van der Waals surface area contributed by atoms with Crippen LogP contribution in [0.5, 0.6) is 0 Å². The van der Waals surface area contributed by atoms with Crippen LogP contribution in [0.25, 0.3) is 5.57 Å². The summed E-state index contributed by atoms with van der Waals surface area (Å²) in [4.78, 5) is 40.0. The smallest absolute Gasteiger partial charge is 0.352 e. The lowest BCUT2D eigenvalue weighted by Crippen LogP contribution is -2.61. The molecule has 2 amide bonds. The maximum atomic E-state index is 12.8. The number of benzene rings is 1. The Labute approximate surface area is 162 Å². The Hall–Kier alpha value is -2.71. The van der Waals surface area contributed by atoms with Gasteiger partial charge in [-0.25, -0.2) is 4.79 Å². The first kappa shape index (κ1) is 18.6. The minimum Gasteiger partial charge on any atom is -0.477 e. The van der Waals surface area contributed by atoms with Gasteiger partial charge in [-0.15, -0.1) is 0 Å². The van der Waals surface area contributed by atoms with Crippen LogP contribution >= 0.6 is 0 Å². The number of β-lactam (4-membered cyclic amide) rings is 1. The van der Waals surface area contributed by atoms with Gasteiger partial charge in [0.1, 0.15) is 5.70 Å². The summed E-state index contributed by atoms with van der Waals surface area (Å²) in [7, 11) is 0. The van der Waals surface area contributed by atoms with Gasteiger partial charge in [0, 0.05) is 18.7 Å². The SMILES string of the molecule is CC(O)C1C(=O)N2C(C(=O)O)=C(c3cccc(C(=O)N4CCOCC4)c3)CC12. The van der Waals surface area contributed by atoms with Crippen molar-refractivity contribution in [2.45, 2.75) is 25.5 Å². The van der Waals surface area contributed by atoms with E-state index in [0.717, 1.165) is 0 Å². The normalized spacial score (nSPS) is 25.4. The summed E-state index contributed by atoms with van der Waals surface area (Å²) in [5, 5.41) is 19.5. The molecule has 2 fully saturated rings. The van der Waals surface area contributed by atoms with E-state index in [4.69, 9.17) is 4.74 Å². The molecule has 3 heterocycles. The second kappa shape index (κ2) is 7.03. The molecule has 1 aromatic carbocycles. The highest BCUT2D eigenvalue weighted by Crippen LogP contribution is 2.46. The minimum atomic E-state index is -1.18. The van der Waals surface area contributed by atoms with Crippen molar-refractivity contribution < 1.29 is 29.3 Å². The Balaban J connectivity index is 1.66. The number of morpholine rings is 1. The Bertz CT molecular complexity index is 871. The lowest BCUT2D eigenvalue weighted by Gasteiger charge is -2.44. The lowest BCUT2D eigenvalue weighted by molar-refractivity contribution is -0.161. The van der Waals surface area contributed by atoms with Crippen molar-refractivity contribution in [1.82, 2.24) is 9.80 Å². The van der Waals surface area contributed by atoms with Crippen molar-refractivity contribution >= 4 is 23.4 Å². The van der Waals surface area contributed by atoms with Crippen molar-refractivity contribution in [3.05, 3.63) is 41.1 Å². The Kier molecular flexibility index (Phi) is 4.68. The van der Waals surface area contributed by atoms with Crippen molar-refractivity contribution in [2.24, 2.45) is 5.92 Å². The van der Waals surface area contributed by atoms with Crippen LogP contribution in [-0.2, 0) is 14.3 Å². The third-order valence-electron chi connectivity index (χ3n) is 5.69. The zero-order valence-electron chi connectivity index (χ0n) is 15.5. The summed E-state index contributed by atoms with van der Waals surface area (Å²) in [6, 6.07) is 6.51. The van der Waals surface area contributed by atoms with E-state index in [9.17, 15) is 24.6 Å². The summed E-state index contributed by atoms with van der Waals surface area (Å²) >= 11 is 0. The van der Waals surface area contributed by atoms with Crippen LogP contribution in [0.15, 0.2) is 30.0 Å². The third-order valence-corrected chi connectivity index (χ3v) is 5.69. The maximum Gasteiger partial charge on any atom is 0.352 e. The Morgan fingerprint density at radius 2 is 1.96 bits per heavy atom. The molecule has 3 aliphatic rings. The molecule has 3 aliphatic heterocycles. The molecule has 2 N–H and O–H groups in total. The predicted molar refractivity (Wildman–Crippen MR) is 98.1 cm³/mol. The summed E-state index contributed by atoms with van der Waals surface area (Å²) in [6.45, 7) is 3.58. The van der Waals surface area contributed by atoms with Gasteiger partial charge in [-0.05, 0) is 36.6 Å². The number of hydrogen-bond donors (Lipinski definition) is 2. The van der Waals surface area contributed by atoms with Gasteiger partial charge in [0.25, 0.3) is 5.91 Å². The highest BCUT2D eigenvalue weighted by molar-refractivity contribution is 6.06. The highest BCUT2D eigenvalue weighted by Gasteiger charge is 2.56. The van der Waals surface area contributed by atoms with Crippen LogP contribution in [0, 0.1) is 5.92 Å². The second-order valence-corrected chi connectivity index (χ2v) is 7.36. The van der Waals surface area contributed by atoms with Crippen molar-refractivity contribution in [2.75, 3.05) is 26.3 Å². The monoisotopic (exact) mass is 386 g/mol. The van der Waals surface area contributed by atoms with Gasteiger partial charge >= 0.3 is 5.97 Å². The molecule has 2 saturated heterocycles. The van der Waals surface area contributed by atoms with Crippen molar-refractivity contribution in [1.29, 1.82) is 0 Å². The number of ether oxygens (including phenoxy) is 1. The van der Waals surface area contributed by atoms with Gasteiger partial charge in [-0.3, -0.25) is 9.59 Å². The Morgan fingerprint density at radius 3 is 2.61 bits per heavy atom. The Morgan fingerprint density at radius 1 is 1.25 bits per heavy atom. The molecule has 8 nitrogen and oxygen atoms in total. The van der Waals surface area contributed by atoms with E-state index in [1.807, 2.05) is 0 Å². The van der Waals surface area contributed by atoms with Crippen LogP contribution in [0.4, 0.5) is 0 Å². The number of aliphatic carboxylic acids is 1. The van der Waals surface area contributed by atoms with Crippen molar-refractivity contribution in [3.8, 4) is 0 Å². The van der Waals surface area contributed by atoms with Gasteiger partial charge in [0.05, 0.1) is 31.3 Å². The standard InChI is InChI=1S/C20H22N2O6/c1-11(23)16-15-10-14(17(20(26)27)22(15)19(16)25)12-3-2-4-13(9-12)18(24)21-5-7-28-8-6-21/h2-4,9,11,15-16,23H,5-8,10H2,1H3,(H,26,27). The summed E-state index contributed by atoms with van der Waals surface area (Å²) in [6.07, 6.45) is -0.490. The first-order valence-corrected chi connectivity index (χ1v) is 9.35. The number of carboxylic acids is 1. The topological polar surface area (TPSA) is 107 Å². The summed E-state index contributed by atoms with van der Waals surface area (Å²) in [5.41, 5.74) is 1.56. The molecule has 0 saturated carbocycles. The van der Waals surface area contributed by atoms with Gasteiger partial charge in [-0.2, -0.15) is 0 Å². The zero-order valence-corrected chi connectivity index (χ0v) is 15.5. The molecule has 0 radical (unpaired) electrons. The number of hydrogen-bond acceptors (Lipinski definition) is 5. The van der Waals surface area contributed by atoms with Crippen LogP contribution in [-0.4, -0.2) is 76.2 Å². The fraction of sp³-hybridized carbons (Fsp3) is 0.450. The second-order valence-electron chi connectivity index (χ2n) is 7.36. The van der Waals surface area contributed by atoms with Crippen LogP contribution < -0.4 is 0 Å². The molecule has 28 heavy (non-hydrogen) atoms. The van der Waals surface area contributed by atoms with E-state index in [0.29, 0.717) is 49.4 Å². The highest BCUT2D eigenvalue weighted by atomic mass is 16.5. The van der Waals surface area contributed by atoms with Crippen LogP contribution in [0.3, 0.4) is 0 Å². The number of rotatable bonds is 4. The number of fused-ring (bicyclic) bond motifs is 1. The molecule has 0 bridgehead atoms. The molecule has 0 aliphatic carbocycles. The molecule has 0 aromatic heterocycles. The first-order chi connectivity index (χ1) is 13.4. The van der Waals surface area contributed by atoms with Crippen molar-refractivity contribution in [3.63, 3.8) is 0 Å². The van der Waals surface area contributed by atoms with E-state index in [1.165, 1.54) is 4.90 Å². The number of aliphatic hydroxyl groups is 1. The molecule has 0 spiro atoms. The molecular formula is C20H22N2O6. The average molecular weight is 386 g/mol. The molecular weight excluding hydrogens is 364 g/mol.